The van der Waals surface area contributed by atoms with Crippen molar-refractivity contribution < 1.29 is 4.79 Å². The molecular formula is C6H6N2OS. The van der Waals surface area contributed by atoms with E-state index in [1.165, 1.54) is 17.4 Å². The van der Waals surface area contributed by atoms with Crippen molar-refractivity contribution in [3.63, 3.8) is 0 Å². The minimum absolute atomic E-state index is 0.719. The second-order valence-electron chi connectivity index (χ2n) is 1.65. The number of rotatable bonds is 2. The van der Waals surface area contributed by atoms with Gasteiger partial charge in [-0.3, -0.25) is 4.79 Å². The van der Waals surface area contributed by atoms with Gasteiger partial charge in [-0.15, -0.1) is 10.2 Å². The van der Waals surface area contributed by atoms with Crippen LogP contribution < -0.4 is 0 Å². The van der Waals surface area contributed by atoms with Gasteiger partial charge in [-0.2, -0.15) is 0 Å². The Bertz CT molecular complexity index is 254. The van der Waals surface area contributed by atoms with E-state index in [1.54, 1.807) is 6.08 Å². The Morgan fingerprint density at radius 3 is 2.80 bits per heavy atom. The predicted octanol–water partition coefficient (Wildman–Crippen LogP) is 1.06. The maximum absolute atomic E-state index is 9.85. The standard InChI is InChI=1S/C6H6N2OS/c1-5-7-8-6(10-5)3-2-4-9/h2-4H,1H3/b3-2+. The first-order valence-corrected chi connectivity index (χ1v) is 3.56. The quantitative estimate of drug-likeness (QED) is 0.472. The topological polar surface area (TPSA) is 42.9 Å². The van der Waals surface area contributed by atoms with Crippen molar-refractivity contribution in [3.8, 4) is 0 Å². The summed E-state index contributed by atoms with van der Waals surface area (Å²) in [6, 6.07) is 0. The molecule has 0 fully saturated rings. The van der Waals surface area contributed by atoms with Crippen LogP contribution in [0.15, 0.2) is 6.08 Å². The van der Waals surface area contributed by atoms with Gasteiger partial charge in [0.1, 0.15) is 16.3 Å². The summed E-state index contributed by atoms with van der Waals surface area (Å²) in [5.41, 5.74) is 0. The molecule has 52 valence electrons. The van der Waals surface area contributed by atoms with E-state index in [1.807, 2.05) is 6.92 Å². The van der Waals surface area contributed by atoms with Crippen LogP contribution in [0.2, 0.25) is 0 Å². The molecule has 0 atom stereocenters. The molecule has 0 aliphatic rings. The SMILES string of the molecule is Cc1nnc(/C=C/C=O)s1. The van der Waals surface area contributed by atoms with Crippen molar-refractivity contribution >= 4 is 23.7 Å². The first-order chi connectivity index (χ1) is 4.83. The fourth-order valence-corrected chi connectivity index (χ4v) is 1.11. The summed E-state index contributed by atoms with van der Waals surface area (Å²) in [5.74, 6) is 0. The fraction of sp³-hybridized carbons (Fsp3) is 0.167. The lowest BCUT2D eigenvalue weighted by Gasteiger charge is -1.72. The molecule has 0 aromatic carbocycles. The van der Waals surface area contributed by atoms with Gasteiger partial charge < -0.3 is 0 Å². The second kappa shape index (κ2) is 3.22. The molecular weight excluding hydrogens is 148 g/mol. The Morgan fingerprint density at radius 1 is 1.50 bits per heavy atom. The van der Waals surface area contributed by atoms with Gasteiger partial charge in [-0.25, -0.2) is 0 Å². The third-order valence-electron chi connectivity index (χ3n) is 0.859. The highest BCUT2D eigenvalue weighted by Gasteiger charge is 1.92. The van der Waals surface area contributed by atoms with Crippen LogP contribution in [0.4, 0.5) is 0 Å². The van der Waals surface area contributed by atoms with Crippen LogP contribution in [0.3, 0.4) is 0 Å². The fourth-order valence-electron chi connectivity index (χ4n) is 0.501. The van der Waals surface area contributed by atoms with E-state index in [0.29, 0.717) is 0 Å². The van der Waals surface area contributed by atoms with E-state index in [9.17, 15) is 4.79 Å². The second-order valence-corrected chi connectivity index (χ2v) is 2.87. The highest BCUT2D eigenvalue weighted by Crippen LogP contribution is 2.08. The zero-order valence-corrected chi connectivity index (χ0v) is 6.26. The number of aldehydes is 1. The average Bonchev–Trinajstić information content (AvgIpc) is 2.31. The van der Waals surface area contributed by atoms with Crippen molar-refractivity contribution in [2.75, 3.05) is 0 Å². The van der Waals surface area contributed by atoms with Crippen molar-refractivity contribution in [1.82, 2.24) is 10.2 Å². The molecule has 1 heterocycles. The molecule has 1 aromatic rings. The summed E-state index contributed by atoms with van der Waals surface area (Å²) in [6.07, 6.45) is 3.76. The molecule has 0 saturated heterocycles. The number of aryl methyl sites for hydroxylation is 1. The molecule has 10 heavy (non-hydrogen) atoms. The molecule has 4 heteroatoms. The van der Waals surface area contributed by atoms with E-state index in [2.05, 4.69) is 10.2 Å². The molecule has 0 aliphatic carbocycles. The Balaban J connectivity index is 2.75. The Labute approximate surface area is 62.4 Å². The van der Waals surface area contributed by atoms with Crippen molar-refractivity contribution in [3.05, 3.63) is 16.1 Å². The molecule has 0 N–H and O–H groups in total. The molecule has 0 bridgehead atoms. The number of hydrogen-bond acceptors (Lipinski definition) is 4. The largest absolute Gasteiger partial charge is 0.299 e. The highest BCUT2D eigenvalue weighted by molar-refractivity contribution is 7.12. The van der Waals surface area contributed by atoms with Crippen molar-refractivity contribution in [2.45, 2.75) is 6.92 Å². The van der Waals surface area contributed by atoms with Gasteiger partial charge in [0.25, 0.3) is 0 Å². The van der Waals surface area contributed by atoms with E-state index in [4.69, 9.17) is 0 Å². The monoisotopic (exact) mass is 154 g/mol. The van der Waals surface area contributed by atoms with Crippen LogP contribution in [0, 0.1) is 6.92 Å². The Kier molecular flexibility index (Phi) is 2.28. The van der Waals surface area contributed by atoms with Gasteiger partial charge in [0.05, 0.1) is 0 Å². The summed E-state index contributed by atoms with van der Waals surface area (Å²) in [5, 5.41) is 9.22. The van der Waals surface area contributed by atoms with Gasteiger partial charge >= 0.3 is 0 Å². The average molecular weight is 154 g/mol. The lowest BCUT2D eigenvalue weighted by atomic mass is 10.5. The van der Waals surface area contributed by atoms with Crippen LogP contribution >= 0.6 is 11.3 Å². The van der Waals surface area contributed by atoms with E-state index >= 15 is 0 Å². The van der Waals surface area contributed by atoms with Crippen LogP contribution in [0.5, 0.6) is 0 Å². The molecule has 0 saturated carbocycles. The summed E-state index contributed by atoms with van der Waals surface area (Å²) >= 11 is 1.46. The zero-order chi connectivity index (χ0) is 7.40. The maximum atomic E-state index is 9.85. The lowest BCUT2D eigenvalue weighted by molar-refractivity contribution is -0.104. The van der Waals surface area contributed by atoms with Gasteiger partial charge in [0.2, 0.25) is 0 Å². The third kappa shape index (κ3) is 1.73. The molecule has 0 radical (unpaired) electrons. The Morgan fingerprint density at radius 2 is 2.30 bits per heavy atom. The molecule has 1 rings (SSSR count). The number of hydrogen-bond donors (Lipinski definition) is 0. The highest BCUT2D eigenvalue weighted by atomic mass is 32.1. The number of allylic oxidation sites excluding steroid dienone is 1. The van der Waals surface area contributed by atoms with Gasteiger partial charge in [-0.1, -0.05) is 11.3 Å². The maximum Gasteiger partial charge on any atom is 0.142 e. The van der Waals surface area contributed by atoms with E-state index in [-0.39, 0.29) is 0 Å². The summed E-state index contributed by atoms with van der Waals surface area (Å²) < 4.78 is 0. The molecule has 0 amide bonds. The summed E-state index contributed by atoms with van der Waals surface area (Å²) in [7, 11) is 0. The molecule has 1 aromatic heterocycles. The first-order valence-electron chi connectivity index (χ1n) is 2.75. The van der Waals surface area contributed by atoms with Crippen LogP contribution in [-0.2, 0) is 4.79 Å². The number of nitrogens with zero attached hydrogens (tertiary/aromatic N) is 2. The van der Waals surface area contributed by atoms with Gasteiger partial charge in [0, 0.05) is 0 Å². The van der Waals surface area contributed by atoms with E-state index in [0.717, 1.165) is 16.3 Å². The molecule has 0 spiro atoms. The van der Waals surface area contributed by atoms with Crippen LogP contribution in [0.25, 0.3) is 6.08 Å². The smallest absolute Gasteiger partial charge is 0.142 e. The third-order valence-corrected chi connectivity index (χ3v) is 1.66. The predicted molar refractivity (Wildman–Crippen MR) is 39.7 cm³/mol. The summed E-state index contributed by atoms with van der Waals surface area (Å²) in [6.45, 7) is 1.87. The van der Waals surface area contributed by atoms with Gasteiger partial charge in [0.15, 0.2) is 0 Å². The lowest BCUT2D eigenvalue weighted by Crippen LogP contribution is -1.70. The minimum atomic E-state index is 0.719. The Hall–Kier alpha value is -1.03. The normalized spacial score (nSPS) is 10.5. The van der Waals surface area contributed by atoms with Crippen LogP contribution in [0.1, 0.15) is 10.0 Å². The zero-order valence-electron chi connectivity index (χ0n) is 5.44. The minimum Gasteiger partial charge on any atom is -0.299 e. The van der Waals surface area contributed by atoms with Crippen molar-refractivity contribution in [1.29, 1.82) is 0 Å². The van der Waals surface area contributed by atoms with Gasteiger partial charge in [-0.05, 0) is 19.1 Å². The molecule has 0 unspecified atom stereocenters. The number of aromatic nitrogens is 2. The molecule has 0 aliphatic heterocycles. The number of carbonyl (C=O) groups is 1. The van der Waals surface area contributed by atoms with Crippen molar-refractivity contribution in [2.24, 2.45) is 0 Å². The van der Waals surface area contributed by atoms with E-state index < -0.39 is 0 Å². The summed E-state index contributed by atoms with van der Waals surface area (Å²) in [4.78, 5) is 9.85. The molecule has 3 nitrogen and oxygen atoms in total. The first kappa shape index (κ1) is 7.08. The number of carbonyl (C=O) groups excluding carboxylic acids is 1. The van der Waals surface area contributed by atoms with Crippen LogP contribution in [-0.4, -0.2) is 16.5 Å².